The monoisotopic (exact) mass is 347 g/mol. The van der Waals surface area contributed by atoms with Gasteiger partial charge in [0.1, 0.15) is 17.8 Å². The number of hydrogen-bond acceptors (Lipinski definition) is 4. The Morgan fingerprint density at radius 1 is 1.32 bits per heavy atom. The highest BCUT2D eigenvalue weighted by Gasteiger charge is 2.51. The van der Waals surface area contributed by atoms with Crippen molar-refractivity contribution in [1.29, 1.82) is 0 Å². The van der Waals surface area contributed by atoms with Crippen molar-refractivity contribution >= 4 is 5.97 Å². The summed E-state index contributed by atoms with van der Waals surface area (Å²) >= 11 is 0. The number of aryl methyl sites for hydroxylation is 1. The Labute approximate surface area is 149 Å². The number of nitrogens with zero attached hydrogens (tertiary/aromatic N) is 1. The molecule has 1 aliphatic heterocycles. The molecule has 1 heterocycles. The molecule has 1 aromatic carbocycles. The molecule has 1 aromatic rings. The van der Waals surface area contributed by atoms with Gasteiger partial charge in [-0.05, 0) is 49.8 Å². The molecule has 0 aromatic heterocycles. The first-order valence-electron chi connectivity index (χ1n) is 9.25. The number of rotatable bonds is 7. The van der Waals surface area contributed by atoms with E-state index in [0.29, 0.717) is 38.5 Å². The van der Waals surface area contributed by atoms with Crippen LogP contribution in [-0.2, 0) is 4.79 Å². The molecule has 3 rings (SSSR count). The smallest absolute Gasteiger partial charge is 0.313 e. The number of aliphatic hydroxyl groups is 1. The van der Waals surface area contributed by atoms with Gasteiger partial charge in [-0.3, -0.25) is 9.69 Å². The lowest BCUT2D eigenvalue weighted by atomic mass is 9.73. The highest BCUT2D eigenvalue weighted by atomic mass is 16.5. The van der Waals surface area contributed by atoms with E-state index in [9.17, 15) is 15.0 Å². The third kappa shape index (κ3) is 3.98. The zero-order valence-corrected chi connectivity index (χ0v) is 15.2. The third-order valence-corrected chi connectivity index (χ3v) is 5.86. The van der Waals surface area contributed by atoms with Crippen LogP contribution in [-0.4, -0.2) is 53.4 Å². The largest absolute Gasteiger partial charge is 0.492 e. The van der Waals surface area contributed by atoms with E-state index in [4.69, 9.17) is 4.74 Å². The molecule has 0 radical (unpaired) electrons. The Morgan fingerprint density at radius 2 is 2.08 bits per heavy atom. The standard InChI is InChI=1S/C20H29NO4/c1-14-4-3-5-17(15(14)2)25-11-10-21-9-8-18(22)20(13-21,19(23)24)12-16-6-7-16/h3-5,16,18,22H,6-13H2,1-2H3,(H,23,24)/t18-,20+/m1/s1. The van der Waals surface area contributed by atoms with Crippen LogP contribution in [0.5, 0.6) is 5.75 Å². The molecule has 138 valence electrons. The quantitative estimate of drug-likeness (QED) is 0.793. The number of likely N-dealkylation sites (tertiary alicyclic amines) is 1. The maximum Gasteiger partial charge on any atom is 0.313 e. The fourth-order valence-corrected chi connectivity index (χ4v) is 3.86. The predicted molar refractivity (Wildman–Crippen MR) is 95.9 cm³/mol. The summed E-state index contributed by atoms with van der Waals surface area (Å²) in [6, 6.07) is 6.02. The van der Waals surface area contributed by atoms with E-state index >= 15 is 0 Å². The average molecular weight is 347 g/mol. The minimum Gasteiger partial charge on any atom is -0.492 e. The highest BCUT2D eigenvalue weighted by Crippen LogP contribution is 2.45. The summed E-state index contributed by atoms with van der Waals surface area (Å²) in [7, 11) is 0. The van der Waals surface area contributed by atoms with Gasteiger partial charge < -0.3 is 14.9 Å². The van der Waals surface area contributed by atoms with E-state index in [1.807, 2.05) is 19.1 Å². The molecule has 1 aliphatic carbocycles. The van der Waals surface area contributed by atoms with Crippen molar-refractivity contribution < 1.29 is 19.7 Å². The first kappa shape index (κ1) is 18.2. The fourth-order valence-electron chi connectivity index (χ4n) is 3.86. The second-order valence-corrected chi connectivity index (χ2v) is 7.74. The molecule has 25 heavy (non-hydrogen) atoms. The van der Waals surface area contributed by atoms with E-state index < -0.39 is 17.5 Å². The molecule has 0 unspecified atom stereocenters. The van der Waals surface area contributed by atoms with Gasteiger partial charge in [0.2, 0.25) is 0 Å². The molecule has 0 bridgehead atoms. The van der Waals surface area contributed by atoms with Crippen LogP contribution in [0, 0.1) is 25.2 Å². The second-order valence-electron chi connectivity index (χ2n) is 7.74. The van der Waals surface area contributed by atoms with Crippen LogP contribution in [0.2, 0.25) is 0 Å². The summed E-state index contributed by atoms with van der Waals surface area (Å²) in [4.78, 5) is 14.1. The minimum absolute atomic E-state index is 0.413. The van der Waals surface area contributed by atoms with Gasteiger partial charge in [-0.25, -0.2) is 0 Å². The van der Waals surface area contributed by atoms with Crippen molar-refractivity contribution in [2.45, 2.75) is 45.6 Å². The van der Waals surface area contributed by atoms with Gasteiger partial charge in [0, 0.05) is 19.6 Å². The Bertz CT molecular complexity index is 628. The van der Waals surface area contributed by atoms with Gasteiger partial charge in [-0.15, -0.1) is 0 Å². The minimum atomic E-state index is -1.02. The molecule has 0 spiro atoms. The number of aliphatic hydroxyl groups excluding tert-OH is 1. The van der Waals surface area contributed by atoms with Crippen molar-refractivity contribution in [2.75, 3.05) is 26.2 Å². The number of carboxylic acid groups (broad SMARTS) is 1. The molecule has 2 fully saturated rings. The molecule has 2 atom stereocenters. The van der Waals surface area contributed by atoms with Crippen molar-refractivity contribution in [3.63, 3.8) is 0 Å². The predicted octanol–water partition coefficient (Wildman–Crippen LogP) is 2.62. The first-order chi connectivity index (χ1) is 11.9. The molecule has 1 saturated heterocycles. The van der Waals surface area contributed by atoms with Crippen molar-refractivity contribution in [2.24, 2.45) is 11.3 Å². The van der Waals surface area contributed by atoms with Crippen LogP contribution in [0.25, 0.3) is 0 Å². The lowest BCUT2D eigenvalue weighted by Gasteiger charge is -2.43. The third-order valence-electron chi connectivity index (χ3n) is 5.86. The van der Waals surface area contributed by atoms with Gasteiger partial charge in [0.25, 0.3) is 0 Å². The summed E-state index contributed by atoms with van der Waals surface area (Å²) in [5.74, 6) is 0.503. The topological polar surface area (TPSA) is 70.0 Å². The molecule has 2 N–H and O–H groups in total. The molecule has 2 aliphatic rings. The lowest BCUT2D eigenvalue weighted by molar-refractivity contribution is -0.165. The zero-order valence-electron chi connectivity index (χ0n) is 15.2. The van der Waals surface area contributed by atoms with E-state index in [1.165, 1.54) is 5.56 Å². The molecule has 5 nitrogen and oxygen atoms in total. The fraction of sp³-hybridized carbons (Fsp3) is 0.650. The second kappa shape index (κ2) is 7.34. The average Bonchev–Trinajstić information content (AvgIpc) is 3.38. The van der Waals surface area contributed by atoms with Crippen LogP contribution in [0.4, 0.5) is 0 Å². The number of carbonyl (C=O) groups is 1. The zero-order chi connectivity index (χ0) is 18.0. The van der Waals surface area contributed by atoms with Gasteiger partial charge in [-0.2, -0.15) is 0 Å². The maximum atomic E-state index is 12.0. The Kier molecular flexibility index (Phi) is 5.35. The van der Waals surface area contributed by atoms with Crippen LogP contribution in [0.3, 0.4) is 0 Å². The number of aliphatic carboxylic acids is 1. The summed E-state index contributed by atoms with van der Waals surface area (Å²) in [5.41, 5.74) is 1.33. The van der Waals surface area contributed by atoms with Crippen LogP contribution < -0.4 is 4.74 Å². The van der Waals surface area contributed by atoms with E-state index in [0.717, 1.165) is 30.7 Å². The Hall–Kier alpha value is -1.59. The molecular formula is C20H29NO4. The van der Waals surface area contributed by atoms with Crippen molar-refractivity contribution in [3.05, 3.63) is 29.3 Å². The van der Waals surface area contributed by atoms with Gasteiger partial charge in [0.05, 0.1) is 6.10 Å². The highest BCUT2D eigenvalue weighted by molar-refractivity contribution is 5.76. The summed E-state index contributed by atoms with van der Waals surface area (Å²) < 4.78 is 5.92. The molecule has 1 saturated carbocycles. The number of ether oxygens (including phenoxy) is 1. The number of hydrogen-bond donors (Lipinski definition) is 2. The number of benzene rings is 1. The Morgan fingerprint density at radius 3 is 2.76 bits per heavy atom. The summed E-state index contributed by atoms with van der Waals surface area (Å²) in [6.07, 6.45) is 2.55. The van der Waals surface area contributed by atoms with Gasteiger partial charge in [0.15, 0.2) is 0 Å². The summed E-state index contributed by atoms with van der Waals surface area (Å²) in [6.45, 7) is 6.45. The number of carboxylic acids is 1. The van der Waals surface area contributed by atoms with Gasteiger partial charge >= 0.3 is 5.97 Å². The normalized spacial score (nSPS) is 27.2. The maximum absolute atomic E-state index is 12.0. The lowest BCUT2D eigenvalue weighted by Crippen LogP contribution is -2.56. The SMILES string of the molecule is Cc1cccc(OCCN2CC[C@@H](O)[C@@](CC3CC3)(C(=O)O)C2)c1C. The number of piperidine rings is 1. The van der Waals surface area contributed by atoms with E-state index in [2.05, 4.69) is 17.9 Å². The first-order valence-corrected chi connectivity index (χ1v) is 9.25. The van der Waals surface area contributed by atoms with Gasteiger partial charge in [-0.1, -0.05) is 25.0 Å². The molecule has 0 amide bonds. The van der Waals surface area contributed by atoms with Crippen LogP contribution in [0.1, 0.15) is 36.8 Å². The van der Waals surface area contributed by atoms with Crippen molar-refractivity contribution in [3.8, 4) is 5.75 Å². The van der Waals surface area contributed by atoms with Crippen LogP contribution in [0.15, 0.2) is 18.2 Å². The Balaban J connectivity index is 1.59. The summed E-state index contributed by atoms with van der Waals surface area (Å²) in [5, 5.41) is 20.2. The van der Waals surface area contributed by atoms with E-state index in [-0.39, 0.29) is 0 Å². The van der Waals surface area contributed by atoms with Crippen LogP contribution >= 0.6 is 0 Å². The molecule has 5 heteroatoms. The molecular weight excluding hydrogens is 318 g/mol. The van der Waals surface area contributed by atoms with Crippen molar-refractivity contribution in [1.82, 2.24) is 4.90 Å². The van der Waals surface area contributed by atoms with E-state index in [1.54, 1.807) is 0 Å².